The number of carbonyl (C=O) groups is 4. The highest BCUT2D eigenvalue weighted by Crippen LogP contribution is 2.41. The first kappa shape index (κ1) is 58.3. The van der Waals surface area contributed by atoms with E-state index >= 15 is 4.39 Å². The van der Waals surface area contributed by atoms with E-state index in [1.54, 1.807) is 21.7 Å². The molecule has 0 unspecified atom stereocenters. The molecular weight excluding hydrogens is 1110 g/mol. The molecule has 4 aromatic carbocycles. The van der Waals surface area contributed by atoms with Gasteiger partial charge in [-0.05, 0) is 118 Å². The normalized spacial score (nSPS) is 18.7. The summed E-state index contributed by atoms with van der Waals surface area (Å²) >= 11 is 0. The van der Waals surface area contributed by atoms with Crippen molar-refractivity contribution in [3.05, 3.63) is 166 Å². The number of anilines is 6. The number of carbonyl (C=O) groups excluding carboxylic acids is 4. The molecule has 20 nitrogen and oxygen atoms in total. The molecule has 6 aliphatic rings. The van der Waals surface area contributed by atoms with Crippen molar-refractivity contribution in [1.82, 2.24) is 24.8 Å². The minimum absolute atomic E-state index is 0.0950. The number of allylic oxidation sites excluding steroid dienone is 1. The third-order valence-corrected chi connectivity index (χ3v) is 17.6. The van der Waals surface area contributed by atoms with Crippen LogP contribution in [0.3, 0.4) is 0 Å². The third-order valence-electron chi connectivity index (χ3n) is 17.6. The molecule has 3 aliphatic heterocycles. The third kappa shape index (κ3) is 13.3. The van der Waals surface area contributed by atoms with E-state index in [-0.39, 0.29) is 58.1 Å². The number of piperazine rings is 2. The number of aliphatic hydroxyl groups excluding tert-OH is 1. The summed E-state index contributed by atoms with van der Waals surface area (Å²) in [7, 11) is 0. The molecule has 13 rings (SSSR count). The van der Waals surface area contributed by atoms with Gasteiger partial charge in [0, 0.05) is 118 Å². The average Bonchev–Trinajstić information content (AvgIpc) is 1.89. The maximum absolute atomic E-state index is 15.7. The summed E-state index contributed by atoms with van der Waals surface area (Å²) in [5.74, 6) is -0.351. The molecule has 3 saturated carbocycles. The van der Waals surface area contributed by atoms with Gasteiger partial charge in [-0.15, -0.1) is 0 Å². The number of hydrogen-bond acceptors (Lipinski definition) is 15. The number of pyridine rings is 1. The highest BCUT2D eigenvalue weighted by Gasteiger charge is 2.33. The van der Waals surface area contributed by atoms with Crippen LogP contribution in [-0.4, -0.2) is 126 Å². The number of fused-ring (bicyclic) bond motifs is 1. The largest absolute Gasteiger partial charge is 0.513 e. The molecule has 454 valence electrons. The van der Waals surface area contributed by atoms with Crippen LogP contribution in [0.5, 0.6) is 0 Å². The fraction of sp³-hybridized carbons (Fsp3) is 0.409. The summed E-state index contributed by atoms with van der Waals surface area (Å²) in [4.78, 5) is 84.8. The van der Waals surface area contributed by atoms with Crippen molar-refractivity contribution < 1.29 is 42.2 Å². The van der Waals surface area contributed by atoms with Crippen molar-refractivity contribution in [2.45, 2.75) is 96.1 Å². The number of aliphatic hydroxyl groups is 1. The second-order valence-electron chi connectivity index (χ2n) is 23.7. The standard InChI is InChI=1S/C33H38FN5O4.C33H36N6O5/c1-20-6-3-4-9-29(20)38-12-14-39(15-13-38)30-18-26(34)25(31(41)35-24-8-5-7-23(16-24)21(2)40)17-27(30)36-32(42)28-19-43-33(37-28)22-10-11-22;1-22-5-2-3-6-28(22)36-13-15-37(16-14-36)29-19-24-9-12-38(10-4-11-39-17-18-43-33(39)42)32(41)25(24)20-26(29)34-30(40)27-21-44-31(35-27)23-7-8-23/h3-4,6,9,17-19,22-24,40H,2,5,7-8,10-16H2,1H3,(H,35,41)(H,36,42);2-3,5-6,9,12,19-21,23H,4,7-8,10-11,13-18H2,1H3,(H,34,40)/t23-,24+;/m0./s1. The lowest BCUT2D eigenvalue weighted by Crippen LogP contribution is -2.47. The number of hydrogen-bond donors (Lipinski definition) is 4. The number of aryl methyl sites for hydroxylation is 3. The van der Waals surface area contributed by atoms with Crippen LogP contribution in [0.25, 0.3) is 10.8 Å². The van der Waals surface area contributed by atoms with E-state index in [1.165, 1.54) is 47.2 Å². The number of oxazole rings is 2. The van der Waals surface area contributed by atoms with Gasteiger partial charge in [-0.1, -0.05) is 49.4 Å². The molecule has 0 bridgehead atoms. The van der Waals surface area contributed by atoms with Gasteiger partial charge >= 0.3 is 6.09 Å². The van der Waals surface area contributed by atoms with Gasteiger partial charge in [0.1, 0.15) is 25.0 Å². The van der Waals surface area contributed by atoms with E-state index in [0.717, 1.165) is 95.3 Å². The first-order chi connectivity index (χ1) is 42.2. The Bertz CT molecular complexity index is 3780. The van der Waals surface area contributed by atoms with Gasteiger partial charge in [0.15, 0.2) is 23.2 Å². The smallest absolute Gasteiger partial charge is 0.409 e. The quantitative estimate of drug-likeness (QED) is 0.0623. The molecule has 21 heteroatoms. The monoisotopic (exact) mass is 1180 g/mol. The van der Waals surface area contributed by atoms with Crippen molar-refractivity contribution in [2.24, 2.45) is 5.92 Å². The zero-order valence-corrected chi connectivity index (χ0v) is 49.3. The SMILES string of the molecule is C=C(O)[C@H]1CCC[C@@H](NC(=O)c2cc(NC(=O)c3coc(C4CC4)n3)c(N3CCN(c4ccccc4C)CC3)cc2F)C1.Cc1ccccc1N1CCN(c2cc3ccn(CCCN4CCOC4=O)c(=O)c3cc2NC(=O)c2coc(C3CC3)n2)CC1. The number of para-hydroxylation sites is 2. The molecule has 4 N–H and O–H groups in total. The Morgan fingerprint density at radius 3 is 1.72 bits per heavy atom. The summed E-state index contributed by atoms with van der Waals surface area (Å²) in [5, 5.41) is 20.1. The lowest BCUT2D eigenvalue weighted by molar-refractivity contribution is 0.0912. The summed E-state index contributed by atoms with van der Waals surface area (Å²) in [5.41, 5.74) is 7.19. The van der Waals surface area contributed by atoms with Crippen molar-refractivity contribution in [2.75, 3.05) is 102 Å². The number of aromatic nitrogens is 3. The predicted octanol–water partition coefficient (Wildman–Crippen LogP) is 10.5. The molecule has 0 radical (unpaired) electrons. The van der Waals surface area contributed by atoms with E-state index < -0.39 is 17.6 Å². The zero-order chi connectivity index (χ0) is 60.3. The van der Waals surface area contributed by atoms with Gasteiger partial charge in [-0.2, -0.15) is 0 Å². The Balaban J connectivity index is 0.000000170. The predicted molar refractivity (Wildman–Crippen MR) is 331 cm³/mol. The van der Waals surface area contributed by atoms with E-state index in [1.807, 2.05) is 29.2 Å². The maximum Gasteiger partial charge on any atom is 0.409 e. The van der Waals surface area contributed by atoms with Gasteiger partial charge in [0.25, 0.3) is 23.3 Å². The Labute approximate surface area is 504 Å². The summed E-state index contributed by atoms with van der Waals surface area (Å²) in [6.07, 6.45) is 11.8. The van der Waals surface area contributed by atoms with Gasteiger partial charge in [-0.25, -0.2) is 19.2 Å². The fourth-order valence-electron chi connectivity index (χ4n) is 12.3. The van der Waals surface area contributed by atoms with Gasteiger partial charge in [-0.3, -0.25) is 19.2 Å². The summed E-state index contributed by atoms with van der Waals surface area (Å²) in [6.45, 7) is 15.6. The van der Waals surface area contributed by atoms with E-state index in [4.69, 9.17) is 13.6 Å². The van der Waals surface area contributed by atoms with Crippen LogP contribution in [0, 0.1) is 25.6 Å². The second kappa shape index (κ2) is 25.4. The maximum atomic E-state index is 15.7. The van der Waals surface area contributed by atoms with Gasteiger partial charge < -0.3 is 63.7 Å². The molecule has 6 heterocycles. The Morgan fingerprint density at radius 1 is 0.655 bits per heavy atom. The number of ether oxygens (including phenoxy) is 1. The van der Waals surface area contributed by atoms with E-state index in [0.29, 0.717) is 92.3 Å². The Hall–Kier alpha value is -9.14. The van der Waals surface area contributed by atoms with Crippen LogP contribution in [0.1, 0.15) is 124 Å². The number of nitrogens with one attached hydrogen (secondary N) is 3. The topological polar surface area (TPSA) is 224 Å². The van der Waals surface area contributed by atoms with Crippen molar-refractivity contribution in [3.8, 4) is 0 Å². The zero-order valence-electron chi connectivity index (χ0n) is 49.3. The molecule has 6 fully saturated rings. The number of cyclic esters (lactones) is 1. The molecule has 87 heavy (non-hydrogen) atoms. The molecule has 0 spiro atoms. The number of nitrogens with zero attached hydrogens (tertiary/aromatic N) is 8. The van der Waals surface area contributed by atoms with Gasteiger partial charge in [0.2, 0.25) is 0 Å². The first-order valence-corrected chi connectivity index (χ1v) is 30.5. The summed E-state index contributed by atoms with van der Waals surface area (Å²) < 4.78 is 33.4. The summed E-state index contributed by atoms with van der Waals surface area (Å²) in [6, 6.07) is 24.9. The molecule has 3 aliphatic carbocycles. The minimum atomic E-state index is -0.664. The molecule has 7 aromatic rings. The first-order valence-electron chi connectivity index (χ1n) is 30.5. The highest BCUT2D eigenvalue weighted by molar-refractivity contribution is 6.07. The van der Waals surface area contributed by atoms with Crippen molar-refractivity contribution in [1.29, 1.82) is 0 Å². The molecule has 4 amide bonds. The van der Waals surface area contributed by atoms with Crippen LogP contribution in [-0.2, 0) is 11.3 Å². The lowest BCUT2D eigenvalue weighted by Gasteiger charge is -2.38. The van der Waals surface area contributed by atoms with E-state index in [9.17, 15) is 29.1 Å². The van der Waals surface area contributed by atoms with Gasteiger partial charge in [0.05, 0.1) is 40.6 Å². The average molecular weight is 1180 g/mol. The van der Waals surface area contributed by atoms with Crippen molar-refractivity contribution >= 4 is 68.7 Å². The van der Waals surface area contributed by atoms with Crippen molar-refractivity contribution in [3.63, 3.8) is 0 Å². The van der Waals surface area contributed by atoms with Crippen LogP contribution >= 0.6 is 0 Å². The van der Waals surface area contributed by atoms with Crippen LogP contribution in [0.15, 0.2) is 124 Å². The Morgan fingerprint density at radius 2 is 1.20 bits per heavy atom. The van der Waals surface area contributed by atoms with E-state index in [2.05, 4.69) is 97.4 Å². The number of amides is 4. The molecular formula is C66H74FN11O9. The Kier molecular flexibility index (Phi) is 17.0. The number of benzene rings is 4. The highest BCUT2D eigenvalue weighted by atomic mass is 19.1. The molecule has 3 saturated heterocycles. The van der Waals surface area contributed by atoms with Crippen LogP contribution in [0.2, 0.25) is 0 Å². The molecule has 2 atom stereocenters. The lowest BCUT2D eigenvalue weighted by atomic mass is 9.84. The molecule has 3 aromatic heterocycles. The number of rotatable bonds is 17. The van der Waals surface area contributed by atoms with Crippen LogP contribution in [0.4, 0.5) is 43.3 Å². The number of halogens is 1. The van der Waals surface area contributed by atoms with Crippen LogP contribution < -0.4 is 41.1 Å². The fourth-order valence-corrected chi connectivity index (χ4v) is 12.3. The second-order valence-corrected chi connectivity index (χ2v) is 23.7. The minimum Gasteiger partial charge on any atom is -0.513 e.